The van der Waals surface area contributed by atoms with Gasteiger partial charge in [0.1, 0.15) is 0 Å². The maximum Gasteiger partial charge on any atom is 0.307 e. The zero-order valence-electron chi connectivity index (χ0n) is 10.6. The number of hydrogen-bond donors (Lipinski definition) is 3. The third-order valence-corrected chi connectivity index (χ3v) is 3.70. The molecule has 0 radical (unpaired) electrons. The molecule has 6 nitrogen and oxygen atoms in total. The highest BCUT2D eigenvalue weighted by molar-refractivity contribution is 5.85. The number of piperidine rings is 1. The number of carbonyl (C=O) groups is 3. The lowest BCUT2D eigenvalue weighted by Crippen LogP contribution is -2.50. The van der Waals surface area contributed by atoms with Gasteiger partial charge in [0.25, 0.3) is 0 Å². The van der Waals surface area contributed by atoms with Crippen molar-refractivity contribution >= 4 is 17.8 Å². The van der Waals surface area contributed by atoms with Crippen LogP contribution in [0.2, 0.25) is 0 Å². The molecule has 1 fully saturated rings. The van der Waals surface area contributed by atoms with E-state index in [9.17, 15) is 14.4 Å². The van der Waals surface area contributed by atoms with Gasteiger partial charge in [-0.15, -0.1) is 0 Å². The molecule has 2 aliphatic rings. The molecule has 2 amide bonds. The molecule has 1 saturated heterocycles. The first-order valence-electron chi connectivity index (χ1n) is 6.53. The molecule has 0 aromatic rings. The second kappa shape index (κ2) is 5.86. The van der Waals surface area contributed by atoms with Crippen LogP contribution in [0.3, 0.4) is 0 Å². The molecule has 0 aromatic carbocycles. The normalized spacial score (nSPS) is 30.5. The molecule has 1 aliphatic heterocycles. The summed E-state index contributed by atoms with van der Waals surface area (Å²) < 4.78 is 0. The van der Waals surface area contributed by atoms with Gasteiger partial charge in [-0.3, -0.25) is 14.4 Å². The van der Waals surface area contributed by atoms with Crippen LogP contribution in [0, 0.1) is 11.8 Å². The molecule has 1 heterocycles. The molecular formula is C13H18N2O4. The van der Waals surface area contributed by atoms with E-state index in [0.29, 0.717) is 32.2 Å². The number of amides is 2. The Balaban J connectivity index is 1.93. The van der Waals surface area contributed by atoms with Crippen molar-refractivity contribution in [1.82, 2.24) is 10.6 Å². The molecule has 19 heavy (non-hydrogen) atoms. The number of rotatable bonds is 3. The first kappa shape index (κ1) is 13.6. The van der Waals surface area contributed by atoms with Crippen LogP contribution in [0.25, 0.3) is 0 Å². The fourth-order valence-corrected chi connectivity index (χ4v) is 2.54. The Morgan fingerprint density at radius 3 is 2.53 bits per heavy atom. The number of carbonyl (C=O) groups excluding carboxylic acids is 2. The van der Waals surface area contributed by atoms with E-state index in [2.05, 4.69) is 10.6 Å². The summed E-state index contributed by atoms with van der Waals surface area (Å²) in [6.07, 6.45) is 5.53. The standard InChI is InChI=1S/C13H18N2O4/c16-11-6-5-8(7-14-11)15-12(17)9-3-1-2-4-10(9)13(18)19/h1-2,8-10H,3-7H2,(H,14,16)(H,15,17)(H,18,19)/t8?,9-,10+/m1/s1. The van der Waals surface area contributed by atoms with Gasteiger partial charge in [0.2, 0.25) is 11.8 Å². The van der Waals surface area contributed by atoms with Crippen molar-refractivity contribution in [3.63, 3.8) is 0 Å². The second-order valence-corrected chi connectivity index (χ2v) is 5.04. The SMILES string of the molecule is O=C1CCC(NC(=O)[C@@H]2CC=CC[C@@H]2C(=O)O)CN1. The smallest absolute Gasteiger partial charge is 0.307 e. The molecule has 1 unspecified atom stereocenters. The fourth-order valence-electron chi connectivity index (χ4n) is 2.54. The maximum absolute atomic E-state index is 12.1. The molecule has 0 aromatic heterocycles. The van der Waals surface area contributed by atoms with Gasteiger partial charge in [0.15, 0.2) is 0 Å². The molecule has 2 rings (SSSR count). The van der Waals surface area contributed by atoms with Crippen LogP contribution >= 0.6 is 0 Å². The molecule has 0 saturated carbocycles. The van der Waals surface area contributed by atoms with Gasteiger partial charge >= 0.3 is 5.97 Å². The summed E-state index contributed by atoms with van der Waals surface area (Å²) in [5, 5.41) is 14.7. The lowest BCUT2D eigenvalue weighted by atomic mass is 9.82. The topological polar surface area (TPSA) is 95.5 Å². The second-order valence-electron chi connectivity index (χ2n) is 5.04. The van der Waals surface area contributed by atoms with E-state index in [4.69, 9.17) is 5.11 Å². The molecule has 104 valence electrons. The van der Waals surface area contributed by atoms with Crippen LogP contribution in [-0.2, 0) is 14.4 Å². The van der Waals surface area contributed by atoms with Gasteiger partial charge in [-0.05, 0) is 19.3 Å². The predicted octanol–water partition coefficient (Wildman–Crippen LogP) is 0.0482. The number of hydrogen-bond acceptors (Lipinski definition) is 3. The molecule has 0 bridgehead atoms. The highest BCUT2D eigenvalue weighted by Crippen LogP contribution is 2.26. The quantitative estimate of drug-likeness (QED) is 0.629. The van der Waals surface area contributed by atoms with E-state index in [0.717, 1.165) is 0 Å². The van der Waals surface area contributed by atoms with Gasteiger partial charge in [-0.2, -0.15) is 0 Å². The van der Waals surface area contributed by atoms with Crippen LogP contribution in [0.4, 0.5) is 0 Å². The Morgan fingerprint density at radius 1 is 1.26 bits per heavy atom. The van der Waals surface area contributed by atoms with E-state index in [1.54, 1.807) is 0 Å². The minimum atomic E-state index is -0.929. The number of carboxylic acids is 1. The third kappa shape index (κ3) is 3.33. The average Bonchev–Trinajstić information content (AvgIpc) is 2.41. The molecular weight excluding hydrogens is 248 g/mol. The Bertz CT molecular complexity index is 409. The lowest BCUT2D eigenvalue weighted by Gasteiger charge is -2.28. The first-order valence-corrected chi connectivity index (χ1v) is 6.53. The van der Waals surface area contributed by atoms with Crippen LogP contribution in [-0.4, -0.2) is 35.5 Å². The third-order valence-electron chi connectivity index (χ3n) is 3.70. The van der Waals surface area contributed by atoms with Gasteiger partial charge in [0.05, 0.1) is 11.8 Å². The summed E-state index contributed by atoms with van der Waals surface area (Å²) in [6.45, 7) is 0.421. The van der Waals surface area contributed by atoms with Crippen molar-refractivity contribution in [1.29, 1.82) is 0 Å². The number of allylic oxidation sites excluding steroid dienone is 2. The largest absolute Gasteiger partial charge is 0.481 e. The highest BCUT2D eigenvalue weighted by Gasteiger charge is 2.35. The Kier molecular flexibility index (Phi) is 4.19. The van der Waals surface area contributed by atoms with E-state index >= 15 is 0 Å². The van der Waals surface area contributed by atoms with Gasteiger partial charge in [-0.25, -0.2) is 0 Å². The van der Waals surface area contributed by atoms with Crippen LogP contribution < -0.4 is 10.6 Å². The summed E-state index contributed by atoms with van der Waals surface area (Å²) in [5.41, 5.74) is 0. The summed E-state index contributed by atoms with van der Waals surface area (Å²) in [6, 6.07) is -0.0921. The first-order chi connectivity index (χ1) is 9.08. The molecule has 0 spiro atoms. The summed E-state index contributed by atoms with van der Waals surface area (Å²) in [7, 11) is 0. The number of carboxylic acid groups (broad SMARTS) is 1. The van der Waals surface area contributed by atoms with Crippen LogP contribution in [0.5, 0.6) is 0 Å². The zero-order chi connectivity index (χ0) is 13.8. The predicted molar refractivity (Wildman–Crippen MR) is 67.2 cm³/mol. The van der Waals surface area contributed by atoms with Crippen molar-refractivity contribution in [2.45, 2.75) is 31.7 Å². The Hall–Kier alpha value is -1.85. The van der Waals surface area contributed by atoms with Crippen molar-refractivity contribution in [3.05, 3.63) is 12.2 Å². The lowest BCUT2D eigenvalue weighted by molar-refractivity contribution is -0.147. The van der Waals surface area contributed by atoms with Crippen molar-refractivity contribution < 1.29 is 19.5 Å². The maximum atomic E-state index is 12.1. The summed E-state index contributed by atoms with van der Waals surface area (Å²) in [4.78, 5) is 34.3. The minimum absolute atomic E-state index is 0.00508. The van der Waals surface area contributed by atoms with E-state index in [-0.39, 0.29) is 17.9 Å². The Labute approximate surface area is 111 Å². The van der Waals surface area contributed by atoms with Crippen molar-refractivity contribution in [2.75, 3.05) is 6.54 Å². The minimum Gasteiger partial charge on any atom is -0.481 e. The Morgan fingerprint density at radius 2 is 1.95 bits per heavy atom. The zero-order valence-corrected chi connectivity index (χ0v) is 10.6. The van der Waals surface area contributed by atoms with Crippen LogP contribution in [0.1, 0.15) is 25.7 Å². The highest BCUT2D eigenvalue weighted by atomic mass is 16.4. The number of aliphatic carboxylic acids is 1. The molecule has 6 heteroatoms. The van der Waals surface area contributed by atoms with E-state index in [1.165, 1.54) is 0 Å². The van der Waals surface area contributed by atoms with E-state index < -0.39 is 17.8 Å². The van der Waals surface area contributed by atoms with Gasteiger partial charge < -0.3 is 15.7 Å². The molecule has 3 N–H and O–H groups in total. The van der Waals surface area contributed by atoms with Crippen LogP contribution in [0.15, 0.2) is 12.2 Å². The monoisotopic (exact) mass is 266 g/mol. The fraction of sp³-hybridized carbons (Fsp3) is 0.615. The van der Waals surface area contributed by atoms with Gasteiger partial charge in [0, 0.05) is 19.0 Å². The number of nitrogens with one attached hydrogen (secondary N) is 2. The average molecular weight is 266 g/mol. The summed E-state index contributed by atoms with van der Waals surface area (Å²) >= 11 is 0. The van der Waals surface area contributed by atoms with E-state index in [1.807, 2.05) is 12.2 Å². The van der Waals surface area contributed by atoms with Crippen molar-refractivity contribution in [3.8, 4) is 0 Å². The molecule has 3 atom stereocenters. The van der Waals surface area contributed by atoms with Crippen molar-refractivity contribution in [2.24, 2.45) is 11.8 Å². The molecule has 1 aliphatic carbocycles. The summed E-state index contributed by atoms with van der Waals surface area (Å²) in [5.74, 6) is -2.32. The van der Waals surface area contributed by atoms with Gasteiger partial charge in [-0.1, -0.05) is 12.2 Å².